The quantitative estimate of drug-likeness (QED) is 0.561. The van der Waals surface area contributed by atoms with E-state index in [1.54, 1.807) is 6.07 Å². The van der Waals surface area contributed by atoms with Crippen LogP contribution < -0.4 is 14.2 Å². The summed E-state index contributed by atoms with van der Waals surface area (Å²) in [6.45, 7) is 4.78. The van der Waals surface area contributed by atoms with Gasteiger partial charge in [0.1, 0.15) is 25.2 Å². The Balaban J connectivity index is 1.96. The van der Waals surface area contributed by atoms with Gasteiger partial charge in [-0.15, -0.1) is 0 Å². The van der Waals surface area contributed by atoms with Crippen molar-refractivity contribution in [1.82, 2.24) is 0 Å². The van der Waals surface area contributed by atoms with E-state index in [0.29, 0.717) is 41.6 Å². The predicted molar refractivity (Wildman–Crippen MR) is 90.3 cm³/mol. The molecule has 5 heteroatoms. The number of aryl methyl sites for hydroxylation is 2. The Morgan fingerprint density at radius 2 is 1.78 bits per heavy atom. The first-order chi connectivity index (χ1) is 11.0. The van der Waals surface area contributed by atoms with Gasteiger partial charge in [-0.1, -0.05) is 17.7 Å². The molecule has 0 aliphatic rings. The van der Waals surface area contributed by atoms with Crippen LogP contribution in [0.1, 0.15) is 21.5 Å². The number of hydrogen-bond acceptors (Lipinski definition) is 4. The van der Waals surface area contributed by atoms with Crippen LogP contribution in [-0.2, 0) is 0 Å². The lowest BCUT2D eigenvalue weighted by Gasteiger charge is -2.13. The highest BCUT2D eigenvalue weighted by molar-refractivity contribution is 6.32. The first-order valence-corrected chi connectivity index (χ1v) is 7.58. The zero-order valence-electron chi connectivity index (χ0n) is 13.4. The maximum atomic E-state index is 10.8. The van der Waals surface area contributed by atoms with Gasteiger partial charge < -0.3 is 14.2 Å². The number of rotatable bonds is 7. The molecule has 122 valence electrons. The second kappa shape index (κ2) is 7.88. The fourth-order valence-corrected chi connectivity index (χ4v) is 2.33. The molecule has 23 heavy (non-hydrogen) atoms. The van der Waals surface area contributed by atoms with E-state index in [2.05, 4.69) is 6.92 Å². The van der Waals surface area contributed by atoms with Crippen molar-refractivity contribution >= 4 is 17.9 Å². The standard InChI is InChI=1S/C18H19ClO4/c1-12-4-5-15(8-13(12)2)22-6-7-23-18-16(19)9-14(11-20)10-17(18)21-3/h4-5,8-11H,6-7H2,1-3H3. The Kier molecular flexibility index (Phi) is 5.88. The third-order valence-corrected chi connectivity index (χ3v) is 3.75. The van der Waals surface area contributed by atoms with Crippen molar-refractivity contribution in [3.05, 3.63) is 52.0 Å². The molecule has 0 saturated carbocycles. The van der Waals surface area contributed by atoms with Crippen LogP contribution in [0.15, 0.2) is 30.3 Å². The number of ether oxygens (including phenoxy) is 3. The van der Waals surface area contributed by atoms with Crippen molar-refractivity contribution in [3.8, 4) is 17.2 Å². The van der Waals surface area contributed by atoms with Gasteiger partial charge >= 0.3 is 0 Å². The summed E-state index contributed by atoms with van der Waals surface area (Å²) in [5.41, 5.74) is 2.84. The zero-order valence-corrected chi connectivity index (χ0v) is 14.1. The minimum absolute atomic E-state index is 0.309. The van der Waals surface area contributed by atoms with Crippen LogP contribution in [0.25, 0.3) is 0 Å². The molecule has 0 N–H and O–H groups in total. The summed E-state index contributed by atoms with van der Waals surface area (Å²) in [4.78, 5) is 10.8. The number of aldehydes is 1. The number of methoxy groups -OCH3 is 1. The topological polar surface area (TPSA) is 44.8 Å². The largest absolute Gasteiger partial charge is 0.493 e. The highest BCUT2D eigenvalue weighted by Crippen LogP contribution is 2.36. The molecule has 2 aromatic rings. The Bertz CT molecular complexity index is 698. The average molecular weight is 335 g/mol. The van der Waals surface area contributed by atoms with Crippen LogP contribution in [0.3, 0.4) is 0 Å². The van der Waals surface area contributed by atoms with Gasteiger partial charge in [0.2, 0.25) is 0 Å². The normalized spacial score (nSPS) is 10.3. The van der Waals surface area contributed by atoms with Gasteiger partial charge in [0, 0.05) is 5.56 Å². The fourth-order valence-electron chi connectivity index (χ4n) is 2.05. The van der Waals surface area contributed by atoms with Crippen LogP contribution in [-0.4, -0.2) is 26.6 Å². The van der Waals surface area contributed by atoms with E-state index in [0.717, 1.165) is 5.75 Å². The maximum absolute atomic E-state index is 10.8. The number of halogens is 1. The lowest BCUT2D eigenvalue weighted by Crippen LogP contribution is -2.10. The summed E-state index contributed by atoms with van der Waals surface area (Å²) in [6.07, 6.45) is 0.709. The van der Waals surface area contributed by atoms with Crippen LogP contribution in [0, 0.1) is 13.8 Å². The van der Waals surface area contributed by atoms with Gasteiger partial charge in [-0.2, -0.15) is 0 Å². The average Bonchev–Trinajstić information content (AvgIpc) is 2.55. The number of benzene rings is 2. The van der Waals surface area contributed by atoms with Crippen molar-refractivity contribution in [1.29, 1.82) is 0 Å². The molecule has 0 atom stereocenters. The summed E-state index contributed by atoms with van der Waals surface area (Å²) in [6, 6.07) is 9.05. The molecule has 0 unspecified atom stereocenters. The molecule has 0 aliphatic carbocycles. The van der Waals surface area contributed by atoms with E-state index in [1.807, 2.05) is 25.1 Å². The highest BCUT2D eigenvalue weighted by Gasteiger charge is 2.12. The molecule has 0 radical (unpaired) electrons. The number of carbonyl (C=O) groups excluding carboxylic acids is 1. The van der Waals surface area contributed by atoms with Gasteiger partial charge in [0.05, 0.1) is 12.1 Å². The summed E-state index contributed by atoms with van der Waals surface area (Å²) in [5.74, 6) is 1.63. The minimum Gasteiger partial charge on any atom is -0.493 e. The molecule has 0 amide bonds. The van der Waals surface area contributed by atoms with Crippen molar-refractivity contribution < 1.29 is 19.0 Å². The van der Waals surface area contributed by atoms with E-state index in [1.165, 1.54) is 24.3 Å². The second-order valence-corrected chi connectivity index (χ2v) is 5.50. The van der Waals surface area contributed by atoms with Gasteiger partial charge in [-0.3, -0.25) is 4.79 Å². The third kappa shape index (κ3) is 4.39. The molecule has 0 spiro atoms. The third-order valence-electron chi connectivity index (χ3n) is 3.46. The summed E-state index contributed by atoms with van der Waals surface area (Å²) in [5, 5.41) is 0.331. The van der Waals surface area contributed by atoms with E-state index in [4.69, 9.17) is 25.8 Å². The molecule has 2 rings (SSSR count). The van der Waals surface area contributed by atoms with Gasteiger partial charge in [-0.05, 0) is 49.2 Å². The van der Waals surface area contributed by atoms with Crippen molar-refractivity contribution in [3.63, 3.8) is 0 Å². The molecular formula is C18H19ClO4. The zero-order chi connectivity index (χ0) is 16.8. The van der Waals surface area contributed by atoms with E-state index in [9.17, 15) is 4.79 Å². The Hall–Kier alpha value is -2.20. The predicted octanol–water partition coefficient (Wildman–Crippen LogP) is 4.24. The molecule has 4 nitrogen and oxygen atoms in total. The number of hydrogen-bond donors (Lipinski definition) is 0. The van der Waals surface area contributed by atoms with Crippen molar-refractivity contribution in [2.45, 2.75) is 13.8 Å². The lowest BCUT2D eigenvalue weighted by atomic mass is 10.1. The molecule has 0 aliphatic heterocycles. The van der Waals surface area contributed by atoms with Gasteiger partial charge in [0.25, 0.3) is 0 Å². The second-order valence-electron chi connectivity index (χ2n) is 5.09. The monoisotopic (exact) mass is 334 g/mol. The molecule has 0 aromatic heterocycles. The van der Waals surface area contributed by atoms with Gasteiger partial charge in [-0.25, -0.2) is 0 Å². The fraction of sp³-hybridized carbons (Fsp3) is 0.278. The van der Waals surface area contributed by atoms with Crippen LogP contribution >= 0.6 is 11.6 Å². The van der Waals surface area contributed by atoms with E-state index >= 15 is 0 Å². The van der Waals surface area contributed by atoms with E-state index in [-0.39, 0.29) is 0 Å². The van der Waals surface area contributed by atoms with Crippen molar-refractivity contribution in [2.75, 3.05) is 20.3 Å². The van der Waals surface area contributed by atoms with Crippen LogP contribution in [0.4, 0.5) is 0 Å². The van der Waals surface area contributed by atoms with Crippen LogP contribution in [0.2, 0.25) is 5.02 Å². The Morgan fingerprint density at radius 1 is 1.04 bits per heavy atom. The van der Waals surface area contributed by atoms with Crippen molar-refractivity contribution in [2.24, 2.45) is 0 Å². The van der Waals surface area contributed by atoms with Gasteiger partial charge in [0.15, 0.2) is 11.5 Å². The Labute approximate surface area is 140 Å². The summed E-state index contributed by atoms with van der Waals surface area (Å²) >= 11 is 6.12. The number of carbonyl (C=O) groups is 1. The molecular weight excluding hydrogens is 316 g/mol. The minimum atomic E-state index is 0.309. The Morgan fingerprint density at radius 3 is 2.43 bits per heavy atom. The lowest BCUT2D eigenvalue weighted by molar-refractivity contribution is 0.112. The SMILES string of the molecule is COc1cc(C=O)cc(Cl)c1OCCOc1ccc(C)c(C)c1. The van der Waals surface area contributed by atoms with Crippen LogP contribution in [0.5, 0.6) is 17.2 Å². The molecule has 0 bridgehead atoms. The first-order valence-electron chi connectivity index (χ1n) is 7.20. The smallest absolute Gasteiger partial charge is 0.179 e. The molecule has 0 fully saturated rings. The maximum Gasteiger partial charge on any atom is 0.179 e. The molecule has 0 saturated heterocycles. The van der Waals surface area contributed by atoms with E-state index < -0.39 is 0 Å². The highest BCUT2D eigenvalue weighted by atomic mass is 35.5. The molecule has 0 heterocycles. The first kappa shape index (κ1) is 17.2. The summed E-state index contributed by atoms with van der Waals surface area (Å²) < 4.78 is 16.5. The molecule has 2 aromatic carbocycles. The summed E-state index contributed by atoms with van der Waals surface area (Å²) in [7, 11) is 1.50.